The van der Waals surface area contributed by atoms with Gasteiger partial charge in [-0.2, -0.15) is 0 Å². The quantitative estimate of drug-likeness (QED) is 0.807. The number of hydrogen-bond acceptors (Lipinski definition) is 3. The summed E-state index contributed by atoms with van der Waals surface area (Å²) >= 11 is 3.42. The molecule has 2 fully saturated rings. The van der Waals surface area contributed by atoms with Crippen LogP contribution in [0.25, 0.3) is 0 Å². The Hall–Kier alpha value is -1.07. The molecule has 19 heavy (non-hydrogen) atoms. The first-order chi connectivity index (χ1) is 9.18. The number of rotatable bonds is 1. The number of anilines is 1. The zero-order valence-corrected chi connectivity index (χ0v) is 12.2. The number of nitrogen functional groups attached to an aromatic ring is 1. The average Bonchev–Trinajstić information content (AvgIpc) is 2.89. The van der Waals surface area contributed by atoms with Gasteiger partial charge in [-0.3, -0.25) is 4.79 Å². The number of halogens is 1. The number of nitrogens with two attached hydrogens (primary N) is 1. The Kier molecular flexibility index (Phi) is 3.50. The topological polar surface area (TPSA) is 55.6 Å². The Bertz CT molecular complexity index is 506. The number of nitrogens with zero attached hydrogens (tertiary/aromatic N) is 1. The van der Waals surface area contributed by atoms with Crippen molar-refractivity contribution in [2.24, 2.45) is 0 Å². The molecule has 0 radical (unpaired) electrons. The Morgan fingerprint density at radius 3 is 3.11 bits per heavy atom. The van der Waals surface area contributed by atoms with Crippen LogP contribution in [0.2, 0.25) is 0 Å². The van der Waals surface area contributed by atoms with Crippen LogP contribution in [0.3, 0.4) is 0 Å². The van der Waals surface area contributed by atoms with Crippen molar-refractivity contribution in [1.82, 2.24) is 4.90 Å². The Labute approximate surface area is 121 Å². The SMILES string of the molecule is Nc1cccc(C(=O)N2CCOC3CCCC32)c1Br. The van der Waals surface area contributed by atoms with Gasteiger partial charge in [-0.25, -0.2) is 0 Å². The van der Waals surface area contributed by atoms with Gasteiger partial charge in [-0.15, -0.1) is 0 Å². The maximum Gasteiger partial charge on any atom is 0.255 e. The van der Waals surface area contributed by atoms with Crippen LogP contribution in [0.5, 0.6) is 0 Å². The second-order valence-electron chi connectivity index (χ2n) is 5.11. The molecule has 0 bridgehead atoms. The third-order valence-corrected chi connectivity index (χ3v) is 4.89. The van der Waals surface area contributed by atoms with Crippen LogP contribution in [0.1, 0.15) is 29.6 Å². The molecule has 3 rings (SSSR count). The summed E-state index contributed by atoms with van der Waals surface area (Å²) in [4.78, 5) is 14.7. The molecule has 1 saturated heterocycles. The normalized spacial score (nSPS) is 26.3. The number of amides is 1. The summed E-state index contributed by atoms with van der Waals surface area (Å²) in [6.45, 7) is 1.30. The molecular weight excluding hydrogens is 308 g/mol. The number of fused-ring (bicyclic) bond motifs is 1. The second kappa shape index (κ2) is 5.13. The van der Waals surface area contributed by atoms with Crippen molar-refractivity contribution in [1.29, 1.82) is 0 Å². The predicted octanol–water partition coefficient (Wildman–Crippen LogP) is 2.42. The highest BCUT2D eigenvalue weighted by Gasteiger charge is 2.39. The minimum Gasteiger partial charge on any atom is -0.398 e. The van der Waals surface area contributed by atoms with Crippen LogP contribution in [0.15, 0.2) is 22.7 Å². The molecule has 2 aliphatic rings. The molecule has 0 spiro atoms. The van der Waals surface area contributed by atoms with E-state index in [9.17, 15) is 4.79 Å². The number of morpholine rings is 1. The van der Waals surface area contributed by atoms with E-state index in [2.05, 4.69) is 15.9 Å². The van der Waals surface area contributed by atoms with Gasteiger partial charge in [0, 0.05) is 12.2 Å². The molecule has 102 valence electrons. The molecule has 0 aromatic heterocycles. The summed E-state index contributed by atoms with van der Waals surface area (Å²) in [6.07, 6.45) is 3.46. The van der Waals surface area contributed by atoms with Crippen molar-refractivity contribution in [2.45, 2.75) is 31.4 Å². The molecule has 2 atom stereocenters. The fourth-order valence-corrected chi connectivity index (χ4v) is 3.48. The van der Waals surface area contributed by atoms with Gasteiger partial charge in [-0.05, 0) is 47.3 Å². The summed E-state index contributed by atoms with van der Waals surface area (Å²) in [7, 11) is 0. The van der Waals surface area contributed by atoms with Crippen molar-refractivity contribution in [3.05, 3.63) is 28.2 Å². The Morgan fingerprint density at radius 1 is 1.42 bits per heavy atom. The molecule has 2 unspecified atom stereocenters. The maximum absolute atomic E-state index is 12.7. The number of ether oxygens (including phenoxy) is 1. The van der Waals surface area contributed by atoms with Gasteiger partial charge < -0.3 is 15.4 Å². The molecule has 1 aromatic rings. The minimum absolute atomic E-state index is 0.0550. The van der Waals surface area contributed by atoms with Crippen LogP contribution in [0.4, 0.5) is 5.69 Å². The smallest absolute Gasteiger partial charge is 0.255 e. The monoisotopic (exact) mass is 324 g/mol. The molecule has 1 aromatic carbocycles. The largest absolute Gasteiger partial charge is 0.398 e. The van der Waals surface area contributed by atoms with E-state index < -0.39 is 0 Å². The van der Waals surface area contributed by atoms with E-state index >= 15 is 0 Å². The van der Waals surface area contributed by atoms with E-state index in [0.29, 0.717) is 28.9 Å². The van der Waals surface area contributed by atoms with E-state index in [1.807, 2.05) is 17.0 Å². The second-order valence-corrected chi connectivity index (χ2v) is 5.91. The van der Waals surface area contributed by atoms with Crippen LogP contribution >= 0.6 is 15.9 Å². The number of hydrogen-bond donors (Lipinski definition) is 1. The zero-order chi connectivity index (χ0) is 13.4. The molecular formula is C14H17BrN2O2. The fourth-order valence-electron chi connectivity index (χ4n) is 3.05. The summed E-state index contributed by atoms with van der Waals surface area (Å²) in [5.74, 6) is 0.0550. The third-order valence-electron chi connectivity index (χ3n) is 4.00. The number of carbonyl (C=O) groups excluding carboxylic acids is 1. The Morgan fingerprint density at radius 2 is 2.26 bits per heavy atom. The van der Waals surface area contributed by atoms with E-state index in [1.54, 1.807) is 6.07 Å². The zero-order valence-electron chi connectivity index (χ0n) is 10.6. The van der Waals surface area contributed by atoms with E-state index in [1.165, 1.54) is 0 Å². The molecule has 2 N–H and O–H groups in total. The van der Waals surface area contributed by atoms with Crippen molar-refractivity contribution >= 4 is 27.5 Å². The van der Waals surface area contributed by atoms with Gasteiger partial charge in [0.15, 0.2) is 0 Å². The van der Waals surface area contributed by atoms with Crippen LogP contribution in [0, 0.1) is 0 Å². The van der Waals surface area contributed by atoms with E-state index in [0.717, 1.165) is 19.3 Å². The van der Waals surface area contributed by atoms with Gasteiger partial charge in [0.2, 0.25) is 0 Å². The predicted molar refractivity (Wildman–Crippen MR) is 77.0 cm³/mol. The summed E-state index contributed by atoms with van der Waals surface area (Å²) < 4.78 is 6.44. The minimum atomic E-state index is 0.0550. The molecule has 4 nitrogen and oxygen atoms in total. The van der Waals surface area contributed by atoms with Gasteiger partial charge in [0.05, 0.1) is 28.8 Å². The summed E-state index contributed by atoms with van der Waals surface area (Å²) in [6, 6.07) is 5.66. The van der Waals surface area contributed by atoms with Crippen LogP contribution < -0.4 is 5.73 Å². The van der Waals surface area contributed by atoms with E-state index in [4.69, 9.17) is 10.5 Å². The van der Waals surface area contributed by atoms with Gasteiger partial charge in [0.1, 0.15) is 0 Å². The molecule has 1 heterocycles. The molecule has 1 aliphatic heterocycles. The maximum atomic E-state index is 12.7. The van der Waals surface area contributed by atoms with Crippen molar-refractivity contribution < 1.29 is 9.53 Å². The van der Waals surface area contributed by atoms with Crippen LogP contribution in [-0.4, -0.2) is 36.1 Å². The summed E-state index contributed by atoms with van der Waals surface area (Å²) in [5, 5.41) is 0. The highest BCUT2D eigenvalue weighted by atomic mass is 79.9. The molecule has 1 saturated carbocycles. The lowest BCUT2D eigenvalue weighted by atomic mass is 10.1. The fraction of sp³-hybridized carbons (Fsp3) is 0.500. The lowest BCUT2D eigenvalue weighted by Gasteiger charge is -2.37. The summed E-state index contributed by atoms with van der Waals surface area (Å²) in [5.41, 5.74) is 7.10. The third kappa shape index (κ3) is 2.25. The number of benzene rings is 1. The van der Waals surface area contributed by atoms with Crippen LogP contribution in [-0.2, 0) is 4.74 Å². The van der Waals surface area contributed by atoms with Crippen molar-refractivity contribution in [2.75, 3.05) is 18.9 Å². The van der Waals surface area contributed by atoms with Crippen molar-refractivity contribution in [3.63, 3.8) is 0 Å². The number of carbonyl (C=O) groups is 1. The van der Waals surface area contributed by atoms with Gasteiger partial charge in [-0.1, -0.05) is 6.07 Å². The lowest BCUT2D eigenvalue weighted by Crippen LogP contribution is -2.51. The lowest BCUT2D eigenvalue weighted by molar-refractivity contribution is -0.0445. The van der Waals surface area contributed by atoms with Crippen molar-refractivity contribution in [3.8, 4) is 0 Å². The van der Waals surface area contributed by atoms with Gasteiger partial charge in [0.25, 0.3) is 5.91 Å². The molecule has 1 amide bonds. The first kappa shape index (κ1) is 12.9. The standard InChI is InChI=1S/C14H17BrN2O2/c15-13-9(3-1-4-10(13)16)14(18)17-7-8-19-12-6-2-5-11(12)17/h1,3-4,11-12H,2,5-8,16H2. The average molecular weight is 325 g/mol. The van der Waals surface area contributed by atoms with Gasteiger partial charge >= 0.3 is 0 Å². The molecule has 5 heteroatoms. The van der Waals surface area contributed by atoms with E-state index in [-0.39, 0.29) is 18.1 Å². The highest BCUT2D eigenvalue weighted by Crippen LogP contribution is 2.32. The first-order valence-corrected chi connectivity index (χ1v) is 7.44. The molecule has 1 aliphatic carbocycles. The first-order valence-electron chi connectivity index (χ1n) is 6.65. The Balaban J connectivity index is 1.88. The highest BCUT2D eigenvalue weighted by molar-refractivity contribution is 9.10.